The number of rotatable bonds is 6. The topological polar surface area (TPSA) is 70.2 Å². The third kappa shape index (κ3) is 6.36. The third-order valence-corrected chi connectivity index (χ3v) is 3.19. The Morgan fingerprint density at radius 1 is 1.00 bits per heavy atom. The maximum absolute atomic E-state index is 11.8. The first-order chi connectivity index (χ1) is 11.6. The van der Waals surface area contributed by atoms with Gasteiger partial charge in [-0.15, -0.1) is 0 Å². The van der Waals surface area contributed by atoms with E-state index in [-0.39, 0.29) is 11.9 Å². The Hall–Kier alpha value is -3.08. The van der Waals surface area contributed by atoms with Crippen molar-refractivity contribution in [2.45, 2.75) is 13.5 Å². The number of hydrogen-bond acceptors (Lipinski definition) is 2. The summed E-state index contributed by atoms with van der Waals surface area (Å²) in [6.07, 6.45) is 3.85. The summed E-state index contributed by atoms with van der Waals surface area (Å²) in [6.45, 7) is 2.30. The minimum atomic E-state index is -0.238. The lowest BCUT2D eigenvalue weighted by molar-refractivity contribution is -0.114. The Balaban J connectivity index is 1.73. The molecule has 0 aliphatic rings. The second-order valence-electron chi connectivity index (χ2n) is 5.26. The zero-order valence-electron chi connectivity index (χ0n) is 13.6. The van der Waals surface area contributed by atoms with Crippen LogP contribution in [0.3, 0.4) is 0 Å². The average molecular weight is 323 g/mol. The molecule has 0 aliphatic heterocycles. The highest BCUT2D eigenvalue weighted by Crippen LogP contribution is 2.10. The number of amides is 3. The summed E-state index contributed by atoms with van der Waals surface area (Å²) in [5.74, 6) is -0.122. The van der Waals surface area contributed by atoms with Gasteiger partial charge in [-0.05, 0) is 23.3 Å². The van der Waals surface area contributed by atoms with Gasteiger partial charge in [0.05, 0.1) is 0 Å². The molecule has 0 atom stereocenters. The van der Waals surface area contributed by atoms with Crippen molar-refractivity contribution >= 4 is 23.7 Å². The van der Waals surface area contributed by atoms with E-state index in [1.54, 1.807) is 6.07 Å². The van der Waals surface area contributed by atoms with Crippen molar-refractivity contribution in [1.82, 2.24) is 10.6 Å². The molecule has 3 N–H and O–H groups in total. The lowest BCUT2D eigenvalue weighted by Gasteiger charge is -2.08. The van der Waals surface area contributed by atoms with Gasteiger partial charge in [0, 0.05) is 25.7 Å². The van der Waals surface area contributed by atoms with Crippen molar-refractivity contribution in [2.24, 2.45) is 0 Å². The molecular formula is C19H21N3O2. The van der Waals surface area contributed by atoms with Crippen LogP contribution >= 0.6 is 0 Å². The lowest BCUT2D eigenvalue weighted by Crippen LogP contribution is -2.35. The van der Waals surface area contributed by atoms with Gasteiger partial charge in [-0.2, -0.15) is 0 Å². The van der Waals surface area contributed by atoms with Crippen molar-refractivity contribution in [3.05, 3.63) is 71.8 Å². The SMILES string of the molecule is CC(=O)Nc1cccc(CNC(=O)NC/C=C/c2ccccc2)c1. The van der Waals surface area contributed by atoms with Gasteiger partial charge in [0.15, 0.2) is 0 Å². The van der Waals surface area contributed by atoms with Crippen LogP contribution < -0.4 is 16.0 Å². The molecule has 2 aromatic carbocycles. The molecule has 0 fully saturated rings. The van der Waals surface area contributed by atoms with Gasteiger partial charge in [-0.3, -0.25) is 4.79 Å². The highest BCUT2D eigenvalue weighted by molar-refractivity contribution is 5.88. The zero-order valence-corrected chi connectivity index (χ0v) is 13.6. The van der Waals surface area contributed by atoms with Crippen LogP contribution in [0.5, 0.6) is 0 Å². The van der Waals surface area contributed by atoms with Crippen LogP contribution in [-0.2, 0) is 11.3 Å². The summed E-state index contributed by atoms with van der Waals surface area (Å²) in [7, 11) is 0. The molecule has 2 aromatic rings. The quantitative estimate of drug-likeness (QED) is 0.764. The van der Waals surface area contributed by atoms with Gasteiger partial charge in [0.1, 0.15) is 0 Å². The van der Waals surface area contributed by atoms with Crippen LogP contribution in [-0.4, -0.2) is 18.5 Å². The van der Waals surface area contributed by atoms with Crippen molar-refractivity contribution in [1.29, 1.82) is 0 Å². The number of carbonyl (C=O) groups is 2. The van der Waals surface area contributed by atoms with Crippen LogP contribution in [0.1, 0.15) is 18.1 Å². The molecule has 124 valence electrons. The van der Waals surface area contributed by atoms with E-state index in [1.165, 1.54) is 6.92 Å². The molecule has 0 bridgehead atoms. The Kier molecular flexibility index (Phi) is 6.58. The van der Waals surface area contributed by atoms with E-state index in [2.05, 4.69) is 16.0 Å². The zero-order chi connectivity index (χ0) is 17.2. The molecule has 5 nitrogen and oxygen atoms in total. The minimum Gasteiger partial charge on any atom is -0.335 e. The standard InChI is InChI=1S/C19H21N3O2/c1-15(23)22-18-11-5-9-17(13-18)14-21-19(24)20-12-6-10-16-7-3-2-4-8-16/h2-11,13H,12,14H2,1H3,(H,22,23)(H2,20,21,24)/b10-6+. The fourth-order valence-corrected chi connectivity index (χ4v) is 2.12. The van der Waals surface area contributed by atoms with Crippen LogP contribution in [0.2, 0.25) is 0 Å². The maximum atomic E-state index is 11.8. The Labute approximate surface area is 141 Å². The summed E-state index contributed by atoms with van der Waals surface area (Å²) in [6, 6.07) is 17.0. The highest BCUT2D eigenvalue weighted by Gasteiger charge is 2.01. The molecule has 0 saturated carbocycles. The molecule has 0 unspecified atom stereocenters. The molecule has 5 heteroatoms. The van der Waals surface area contributed by atoms with E-state index in [0.717, 1.165) is 11.1 Å². The maximum Gasteiger partial charge on any atom is 0.315 e. The first-order valence-corrected chi connectivity index (χ1v) is 7.73. The number of anilines is 1. The fourth-order valence-electron chi connectivity index (χ4n) is 2.12. The van der Waals surface area contributed by atoms with Crippen molar-refractivity contribution in [2.75, 3.05) is 11.9 Å². The van der Waals surface area contributed by atoms with E-state index in [0.29, 0.717) is 18.8 Å². The van der Waals surface area contributed by atoms with E-state index >= 15 is 0 Å². The van der Waals surface area contributed by atoms with E-state index in [1.807, 2.05) is 60.7 Å². The first kappa shape index (κ1) is 17.3. The van der Waals surface area contributed by atoms with E-state index in [4.69, 9.17) is 0 Å². The van der Waals surface area contributed by atoms with E-state index in [9.17, 15) is 9.59 Å². The number of hydrogen-bond donors (Lipinski definition) is 3. The normalized spacial score (nSPS) is 10.4. The number of benzene rings is 2. The summed E-state index contributed by atoms with van der Waals surface area (Å²) >= 11 is 0. The largest absolute Gasteiger partial charge is 0.335 e. The van der Waals surface area contributed by atoms with Gasteiger partial charge in [-0.25, -0.2) is 4.79 Å². The first-order valence-electron chi connectivity index (χ1n) is 7.73. The molecule has 2 rings (SSSR count). The Morgan fingerprint density at radius 3 is 2.54 bits per heavy atom. The number of nitrogens with one attached hydrogen (secondary N) is 3. The van der Waals surface area contributed by atoms with E-state index < -0.39 is 0 Å². The number of carbonyl (C=O) groups excluding carboxylic acids is 2. The van der Waals surface area contributed by atoms with Crippen LogP contribution in [0.4, 0.5) is 10.5 Å². The van der Waals surface area contributed by atoms with Gasteiger partial charge in [0.25, 0.3) is 0 Å². The summed E-state index contributed by atoms with van der Waals surface area (Å²) in [5.41, 5.74) is 2.72. The molecule has 3 amide bonds. The molecule has 0 heterocycles. The van der Waals surface area contributed by atoms with Crippen LogP contribution in [0.15, 0.2) is 60.7 Å². The monoisotopic (exact) mass is 323 g/mol. The second-order valence-corrected chi connectivity index (χ2v) is 5.26. The second kappa shape index (κ2) is 9.15. The Morgan fingerprint density at radius 2 is 1.79 bits per heavy atom. The van der Waals surface area contributed by atoms with Gasteiger partial charge >= 0.3 is 6.03 Å². The minimum absolute atomic E-state index is 0.122. The van der Waals surface area contributed by atoms with Crippen molar-refractivity contribution in [3.63, 3.8) is 0 Å². The molecule has 24 heavy (non-hydrogen) atoms. The Bertz CT molecular complexity index is 712. The fraction of sp³-hybridized carbons (Fsp3) is 0.158. The highest BCUT2D eigenvalue weighted by atomic mass is 16.2. The molecule has 0 radical (unpaired) electrons. The lowest BCUT2D eigenvalue weighted by atomic mass is 10.2. The summed E-state index contributed by atoms with van der Waals surface area (Å²) < 4.78 is 0. The van der Waals surface area contributed by atoms with Gasteiger partial charge < -0.3 is 16.0 Å². The predicted molar refractivity (Wildman–Crippen MR) is 96.5 cm³/mol. The smallest absolute Gasteiger partial charge is 0.315 e. The molecular weight excluding hydrogens is 302 g/mol. The molecule has 0 spiro atoms. The van der Waals surface area contributed by atoms with Crippen LogP contribution in [0.25, 0.3) is 6.08 Å². The molecule has 0 aromatic heterocycles. The van der Waals surface area contributed by atoms with Gasteiger partial charge in [-0.1, -0.05) is 54.6 Å². The molecule has 0 saturated heterocycles. The van der Waals surface area contributed by atoms with Crippen molar-refractivity contribution in [3.8, 4) is 0 Å². The van der Waals surface area contributed by atoms with Crippen LogP contribution in [0, 0.1) is 0 Å². The predicted octanol–water partition coefficient (Wildman–Crippen LogP) is 3.16. The van der Waals surface area contributed by atoms with Crippen molar-refractivity contribution < 1.29 is 9.59 Å². The third-order valence-electron chi connectivity index (χ3n) is 3.19. The summed E-state index contributed by atoms with van der Waals surface area (Å²) in [4.78, 5) is 22.8. The van der Waals surface area contributed by atoms with Gasteiger partial charge in [0.2, 0.25) is 5.91 Å². The average Bonchev–Trinajstić information content (AvgIpc) is 2.58. The molecule has 0 aliphatic carbocycles. The summed E-state index contributed by atoms with van der Waals surface area (Å²) in [5, 5.41) is 8.26. The number of urea groups is 1.